The average Bonchev–Trinajstić information content (AvgIpc) is 3.00. The monoisotopic (exact) mass is 594 g/mol. The Hall–Kier alpha value is -4.48. The summed E-state index contributed by atoms with van der Waals surface area (Å²) in [4.78, 5) is 40.4. The quantitative estimate of drug-likeness (QED) is 0.241. The topological polar surface area (TPSA) is 95.1 Å². The van der Waals surface area contributed by atoms with Gasteiger partial charge < -0.3 is 9.80 Å². The fourth-order valence-electron chi connectivity index (χ4n) is 5.84. The van der Waals surface area contributed by atoms with Gasteiger partial charge >= 0.3 is 0 Å². The summed E-state index contributed by atoms with van der Waals surface area (Å²) in [6, 6.07) is 13.8. The number of nitrogens with zero attached hydrogens (tertiary/aromatic N) is 6. The van der Waals surface area contributed by atoms with Gasteiger partial charge in [-0.15, -0.1) is 0 Å². The van der Waals surface area contributed by atoms with Crippen molar-refractivity contribution >= 4 is 34.2 Å². The van der Waals surface area contributed by atoms with Crippen LogP contribution in [0.1, 0.15) is 61.9 Å². The first-order valence-corrected chi connectivity index (χ1v) is 14.9. The molecule has 1 fully saturated rings. The van der Waals surface area contributed by atoms with Gasteiger partial charge in [0.1, 0.15) is 11.6 Å². The highest BCUT2D eigenvalue weighted by atomic mass is 35.5. The number of rotatable bonds is 6. The summed E-state index contributed by atoms with van der Waals surface area (Å²) < 4.78 is 1.56. The molecule has 4 aromatic rings. The van der Waals surface area contributed by atoms with Crippen LogP contribution in [-0.2, 0) is 4.79 Å². The van der Waals surface area contributed by atoms with Crippen LogP contribution in [0.15, 0.2) is 60.0 Å². The van der Waals surface area contributed by atoms with Gasteiger partial charge in [0.2, 0.25) is 5.91 Å². The van der Waals surface area contributed by atoms with E-state index in [4.69, 9.17) is 21.6 Å². The molecule has 4 heterocycles. The number of aryl methyl sites for hydroxylation is 1. The lowest BCUT2D eigenvalue weighted by Crippen LogP contribution is -2.49. The molecule has 0 unspecified atom stereocenters. The second-order valence-corrected chi connectivity index (χ2v) is 11.8. The standard InChI is InChI=1S/C34H35ClN6O2/c1-7-28(42)39-14-16-40(17-15-39)31-25(19-36)34(43)41(32-23(20(2)3)12-13-37-30(32)21(4)5)33-29(31)26(35)18-27(38-33)24-11-9-8-10-22(24)6/h7-13,18,20-21H,1,14-17H2,2-6H3. The van der Waals surface area contributed by atoms with E-state index in [2.05, 4.69) is 26.5 Å². The number of amides is 1. The third kappa shape index (κ3) is 5.30. The Morgan fingerprint density at radius 3 is 2.37 bits per heavy atom. The van der Waals surface area contributed by atoms with E-state index in [0.717, 1.165) is 22.4 Å². The smallest absolute Gasteiger partial charge is 0.276 e. The van der Waals surface area contributed by atoms with Crippen LogP contribution >= 0.6 is 11.6 Å². The zero-order valence-corrected chi connectivity index (χ0v) is 25.9. The molecule has 0 N–H and O–H groups in total. The van der Waals surface area contributed by atoms with E-state index < -0.39 is 5.56 Å². The van der Waals surface area contributed by atoms with Crippen LogP contribution < -0.4 is 10.5 Å². The molecule has 0 aliphatic carbocycles. The van der Waals surface area contributed by atoms with Crippen molar-refractivity contribution in [1.29, 1.82) is 5.26 Å². The van der Waals surface area contributed by atoms with E-state index in [1.54, 1.807) is 21.7 Å². The minimum atomic E-state index is -0.475. The summed E-state index contributed by atoms with van der Waals surface area (Å²) in [7, 11) is 0. The summed E-state index contributed by atoms with van der Waals surface area (Å²) in [6.45, 7) is 15.5. The van der Waals surface area contributed by atoms with E-state index >= 15 is 0 Å². The summed E-state index contributed by atoms with van der Waals surface area (Å²) in [5.74, 6) is -0.0958. The van der Waals surface area contributed by atoms with Gasteiger partial charge in [0.05, 0.1) is 33.2 Å². The second-order valence-electron chi connectivity index (χ2n) is 11.4. The molecule has 9 heteroatoms. The molecule has 1 aliphatic rings. The number of pyridine rings is 3. The van der Waals surface area contributed by atoms with Gasteiger partial charge in [-0.25, -0.2) is 4.98 Å². The van der Waals surface area contributed by atoms with Gasteiger partial charge in [-0.05, 0) is 48.1 Å². The first kappa shape index (κ1) is 30.0. The molecule has 8 nitrogen and oxygen atoms in total. The van der Waals surface area contributed by atoms with E-state index in [9.17, 15) is 14.9 Å². The van der Waals surface area contributed by atoms with Gasteiger partial charge in [0.15, 0.2) is 5.65 Å². The molecule has 0 saturated carbocycles. The molecule has 3 aromatic heterocycles. The maximum absolute atomic E-state index is 14.6. The lowest BCUT2D eigenvalue weighted by molar-refractivity contribution is -0.126. The lowest BCUT2D eigenvalue weighted by atomic mass is 9.96. The number of carbonyl (C=O) groups is 1. The van der Waals surface area contributed by atoms with Crippen molar-refractivity contribution in [3.05, 3.63) is 93.0 Å². The number of hydrogen-bond acceptors (Lipinski definition) is 6. The Bertz CT molecular complexity index is 1820. The van der Waals surface area contributed by atoms with Crippen molar-refractivity contribution in [2.45, 2.75) is 46.5 Å². The summed E-state index contributed by atoms with van der Waals surface area (Å²) >= 11 is 7.15. The molecule has 0 radical (unpaired) electrons. The van der Waals surface area contributed by atoms with Crippen molar-refractivity contribution in [3.8, 4) is 23.0 Å². The molecule has 1 saturated heterocycles. The molecule has 43 heavy (non-hydrogen) atoms. The van der Waals surface area contributed by atoms with Crippen LogP contribution in [0, 0.1) is 18.3 Å². The first-order chi connectivity index (χ1) is 20.6. The molecule has 1 amide bonds. The van der Waals surface area contributed by atoms with Gasteiger partial charge in [-0.3, -0.25) is 19.1 Å². The Kier molecular flexibility index (Phi) is 8.38. The van der Waals surface area contributed by atoms with Crippen molar-refractivity contribution in [2.24, 2.45) is 0 Å². The summed E-state index contributed by atoms with van der Waals surface area (Å²) in [5.41, 5.74) is 5.16. The van der Waals surface area contributed by atoms with Crippen LogP contribution in [0.5, 0.6) is 0 Å². The Labute approximate surface area is 256 Å². The third-order valence-electron chi connectivity index (χ3n) is 8.05. The molecule has 1 aromatic carbocycles. The molecule has 0 spiro atoms. The molecule has 0 bridgehead atoms. The van der Waals surface area contributed by atoms with Crippen molar-refractivity contribution in [1.82, 2.24) is 19.4 Å². The number of benzene rings is 1. The van der Waals surface area contributed by atoms with Crippen molar-refractivity contribution < 1.29 is 4.79 Å². The fraction of sp³-hybridized carbons (Fsp3) is 0.324. The van der Waals surface area contributed by atoms with Gasteiger partial charge in [0.25, 0.3) is 5.56 Å². The predicted molar refractivity (Wildman–Crippen MR) is 172 cm³/mol. The number of halogens is 1. The van der Waals surface area contributed by atoms with Crippen LogP contribution in [-0.4, -0.2) is 51.5 Å². The molecule has 5 rings (SSSR count). The Morgan fingerprint density at radius 1 is 1.07 bits per heavy atom. The van der Waals surface area contributed by atoms with Gasteiger partial charge in [0, 0.05) is 37.9 Å². The number of nitriles is 1. The maximum Gasteiger partial charge on any atom is 0.276 e. The van der Waals surface area contributed by atoms with Crippen LogP contribution in [0.2, 0.25) is 5.02 Å². The summed E-state index contributed by atoms with van der Waals surface area (Å²) in [5, 5.41) is 11.4. The van der Waals surface area contributed by atoms with Gasteiger partial charge in [-0.1, -0.05) is 70.1 Å². The third-order valence-corrected chi connectivity index (χ3v) is 8.34. The minimum Gasteiger partial charge on any atom is -0.366 e. The van der Waals surface area contributed by atoms with E-state index in [-0.39, 0.29) is 23.3 Å². The van der Waals surface area contributed by atoms with Gasteiger partial charge in [-0.2, -0.15) is 5.26 Å². The highest BCUT2D eigenvalue weighted by Gasteiger charge is 2.30. The second kappa shape index (κ2) is 12.0. The minimum absolute atomic E-state index is 0.00800. The number of fused-ring (bicyclic) bond motifs is 1. The molecular formula is C34H35ClN6O2. The zero-order chi connectivity index (χ0) is 31.0. The zero-order valence-electron chi connectivity index (χ0n) is 25.2. The highest BCUT2D eigenvalue weighted by Crippen LogP contribution is 2.39. The number of piperazine rings is 1. The molecule has 1 aliphatic heterocycles. The number of aromatic nitrogens is 3. The van der Waals surface area contributed by atoms with E-state index in [1.165, 1.54) is 6.08 Å². The number of anilines is 1. The fourth-order valence-corrected chi connectivity index (χ4v) is 6.11. The highest BCUT2D eigenvalue weighted by molar-refractivity contribution is 6.36. The normalized spacial score (nSPS) is 13.6. The summed E-state index contributed by atoms with van der Waals surface area (Å²) in [6.07, 6.45) is 3.07. The van der Waals surface area contributed by atoms with Crippen LogP contribution in [0.4, 0.5) is 5.69 Å². The lowest BCUT2D eigenvalue weighted by Gasteiger charge is -2.36. The molecule has 0 atom stereocenters. The Balaban J connectivity index is 1.91. The number of carbonyl (C=O) groups excluding carboxylic acids is 1. The average molecular weight is 595 g/mol. The largest absolute Gasteiger partial charge is 0.366 e. The molecular weight excluding hydrogens is 560 g/mol. The Morgan fingerprint density at radius 2 is 1.77 bits per heavy atom. The van der Waals surface area contributed by atoms with Crippen molar-refractivity contribution in [2.75, 3.05) is 31.1 Å². The molecule has 220 valence electrons. The van der Waals surface area contributed by atoms with Crippen molar-refractivity contribution in [3.63, 3.8) is 0 Å². The maximum atomic E-state index is 14.6. The van der Waals surface area contributed by atoms with E-state index in [1.807, 2.05) is 56.0 Å². The number of hydrogen-bond donors (Lipinski definition) is 0. The van der Waals surface area contributed by atoms with E-state index in [0.29, 0.717) is 59.3 Å². The first-order valence-electron chi connectivity index (χ1n) is 14.5. The predicted octanol–water partition coefficient (Wildman–Crippen LogP) is 6.36. The van der Waals surface area contributed by atoms with Crippen LogP contribution in [0.3, 0.4) is 0 Å². The van der Waals surface area contributed by atoms with Crippen LogP contribution in [0.25, 0.3) is 28.0 Å². The SMILES string of the molecule is C=CC(=O)N1CCN(c2c(C#N)c(=O)n(-c3c(C(C)C)ccnc3C(C)C)c3nc(-c4ccccc4C)cc(Cl)c23)CC1.